The van der Waals surface area contributed by atoms with Gasteiger partial charge in [0.15, 0.2) is 5.76 Å². The normalized spacial score (nSPS) is 10.9. The number of hydrogen-bond acceptors (Lipinski definition) is 5. The van der Waals surface area contributed by atoms with E-state index in [4.69, 9.17) is 16.0 Å². The minimum atomic E-state index is -0.273. The summed E-state index contributed by atoms with van der Waals surface area (Å²) in [6.45, 7) is 0.823. The van der Waals surface area contributed by atoms with Crippen molar-refractivity contribution in [3.8, 4) is 11.3 Å². The van der Waals surface area contributed by atoms with E-state index < -0.39 is 0 Å². The van der Waals surface area contributed by atoms with Gasteiger partial charge in [0, 0.05) is 28.4 Å². The van der Waals surface area contributed by atoms with E-state index in [0.717, 1.165) is 16.3 Å². The lowest BCUT2D eigenvalue weighted by molar-refractivity contribution is 0.0921. The van der Waals surface area contributed by atoms with Gasteiger partial charge in [-0.15, -0.1) is 11.3 Å². The maximum absolute atomic E-state index is 12.3. The van der Waals surface area contributed by atoms with Crippen LogP contribution in [0.5, 0.6) is 0 Å². The molecule has 8 heteroatoms. The Kier molecular flexibility index (Phi) is 5.04. The van der Waals surface area contributed by atoms with Crippen molar-refractivity contribution in [2.45, 2.75) is 13.1 Å². The molecule has 6 nitrogen and oxygen atoms in total. The van der Waals surface area contributed by atoms with E-state index in [0.29, 0.717) is 23.9 Å². The molecule has 0 radical (unpaired) electrons. The van der Waals surface area contributed by atoms with Crippen molar-refractivity contribution < 1.29 is 9.21 Å². The molecule has 1 amide bonds. The number of aromatic nitrogens is 3. The Labute approximate surface area is 164 Å². The number of carbonyl (C=O) groups excluding carboxylic acids is 1. The van der Waals surface area contributed by atoms with Crippen LogP contribution in [-0.2, 0) is 13.1 Å². The van der Waals surface area contributed by atoms with E-state index in [1.54, 1.807) is 23.0 Å². The van der Waals surface area contributed by atoms with Gasteiger partial charge >= 0.3 is 0 Å². The fraction of sp³-hybridized carbons (Fsp3) is 0.105. The molecule has 1 aromatic carbocycles. The first kappa shape index (κ1) is 17.5. The third kappa shape index (κ3) is 4.27. The second kappa shape index (κ2) is 7.77. The number of furan rings is 1. The van der Waals surface area contributed by atoms with Gasteiger partial charge in [-0.25, -0.2) is 4.98 Å². The van der Waals surface area contributed by atoms with Crippen LogP contribution in [0.4, 0.5) is 0 Å². The molecule has 1 N–H and O–H groups in total. The summed E-state index contributed by atoms with van der Waals surface area (Å²) in [5.74, 6) is 0.666. The van der Waals surface area contributed by atoms with E-state index in [1.165, 1.54) is 11.3 Å². The van der Waals surface area contributed by atoms with E-state index in [2.05, 4.69) is 15.4 Å². The summed E-state index contributed by atoms with van der Waals surface area (Å²) in [5.41, 5.74) is 1.85. The molecule has 0 aliphatic rings. The number of thiazole rings is 1. The summed E-state index contributed by atoms with van der Waals surface area (Å²) < 4.78 is 7.32. The van der Waals surface area contributed by atoms with Gasteiger partial charge in [-0.2, -0.15) is 5.10 Å². The van der Waals surface area contributed by atoms with E-state index in [-0.39, 0.29) is 11.7 Å². The number of amides is 1. The van der Waals surface area contributed by atoms with E-state index in [1.807, 2.05) is 41.9 Å². The molecule has 0 bridgehead atoms. The lowest BCUT2D eigenvalue weighted by Gasteiger charge is -2.01. The molecule has 0 fully saturated rings. The Bertz CT molecular complexity index is 1040. The van der Waals surface area contributed by atoms with Crippen molar-refractivity contribution in [2.24, 2.45) is 0 Å². The van der Waals surface area contributed by atoms with Gasteiger partial charge in [0.2, 0.25) is 0 Å². The van der Waals surface area contributed by atoms with Gasteiger partial charge in [-0.05, 0) is 30.3 Å². The zero-order valence-electron chi connectivity index (χ0n) is 14.1. The number of carbonyl (C=O) groups is 1. The van der Waals surface area contributed by atoms with Crippen LogP contribution < -0.4 is 5.32 Å². The van der Waals surface area contributed by atoms with Crippen molar-refractivity contribution in [1.29, 1.82) is 0 Å². The molecule has 0 aliphatic heterocycles. The number of nitrogens with zero attached hydrogens (tertiary/aromatic N) is 3. The molecule has 0 aliphatic carbocycles. The smallest absolute Gasteiger partial charge is 0.287 e. The van der Waals surface area contributed by atoms with Crippen LogP contribution in [0.2, 0.25) is 5.02 Å². The van der Waals surface area contributed by atoms with E-state index in [9.17, 15) is 4.79 Å². The highest BCUT2D eigenvalue weighted by molar-refractivity contribution is 7.09. The second-order valence-corrected chi connectivity index (χ2v) is 7.16. The van der Waals surface area contributed by atoms with Crippen LogP contribution in [0.25, 0.3) is 11.3 Å². The standard InChI is InChI=1S/C19H15ClN4O2S/c20-14-4-2-13(3-5-14)16-12-27-18(23-16)10-21-19(25)17-7-6-15(26-17)11-24-9-1-8-22-24/h1-9,12H,10-11H2,(H,21,25). The molecular weight excluding hydrogens is 384 g/mol. The average molecular weight is 399 g/mol. The lowest BCUT2D eigenvalue weighted by Crippen LogP contribution is -2.22. The largest absolute Gasteiger partial charge is 0.454 e. The van der Waals surface area contributed by atoms with Crippen molar-refractivity contribution >= 4 is 28.8 Å². The zero-order chi connectivity index (χ0) is 18.6. The predicted molar refractivity (Wildman–Crippen MR) is 104 cm³/mol. The highest BCUT2D eigenvalue weighted by atomic mass is 35.5. The topological polar surface area (TPSA) is 73.0 Å². The summed E-state index contributed by atoms with van der Waals surface area (Å²) in [5, 5.41) is 10.4. The van der Waals surface area contributed by atoms with Crippen molar-refractivity contribution in [3.63, 3.8) is 0 Å². The highest BCUT2D eigenvalue weighted by Gasteiger charge is 2.12. The fourth-order valence-electron chi connectivity index (χ4n) is 2.53. The molecule has 0 saturated carbocycles. The van der Waals surface area contributed by atoms with Crippen LogP contribution in [-0.4, -0.2) is 20.7 Å². The van der Waals surface area contributed by atoms with Crippen LogP contribution in [0.15, 0.2) is 64.7 Å². The van der Waals surface area contributed by atoms with Crippen LogP contribution in [0.1, 0.15) is 21.3 Å². The van der Waals surface area contributed by atoms with Crippen LogP contribution >= 0.6 is 22.9 Å². The quantitative estimate of drug-likeness (QED) is 0.527. The third-order valence-corrected chi connectivity index (χ3v) is 4.96. The summed E-state index contributed by atoms with van der Waals surface area (Å²) in [4.78, 5) is 16.8. The Balaban J connectivity index is 1.35. The van der Waals surface area contributed by atoms with Gasteiger partial charge in [-0.3, -0.25) is 9.48 Å². The Morgan fingerprint density at radius 1 is 1.22 bits per heavy atom. The summed E-state index contributed by atoms with van der Waals surface area (Å²) >= 11 is 7.40. The molecule has 0 unspecified atom stereocenters. The Morgan fingerprint density at radius 3 is 2.85 bits per heavy atom. The SMILES string of the molecule is O=C(NCc1nc(-c2ccc(Cl)cc2)cs1)c1ccc(Cn2cccn2)o1. The number of halogens is 1. The Hall–Kier alpha value is -2.90. The molecule has 27 heavy (non-hydrogen) atoms. The van der Waals surface area contributed by atoms with Gasteiger partial charge in [0.1, 0.15) is 10.8 Å². The molecular formula is C19H15ClN4O2S. The second-order valence-electron chi connectivity index (χ2n) is 5.79. The molecule has 0 spiro atoms. The van der Waals surface area contributed by atoms with Gasteiger partial charge < -0.3 is 9.73 Å². The van der Waals surface area contributed by atoms with Gasteiger partial charge in [-0.1, -0.05) is 23.7 Å². The molecule has 3 heterocycles. The van der Waals surface area contributed by atoms with Crippen molar-refractivity contribution in [1.82, 2.24) is 20.1 Å². The number of hydrogen-bond donors (Lipinski definition) is 1. The molecule has 3 aromatic heterocycles. The summed E-state index contributed by atoms with van der Waals surface area (Å²) in [6, 6.07) is 12.8. The first-order valence-corrected chi connectivity index (χ1v) is 9.48. The van der Waals surface area contributed by atoms with Gasteiger partial charge in [0.05, 0.1) is 18.8 Å². The van der Waals surface area contributed by atoms with Crippen molar-refractivity contribution in [3.05, 3.63) is 81.8 Å². The molecule has 0 atom stereocenters. The monoisotopic (exact) mass is 398 g/mol. The predicted octanol–water partition coefficient (Wildman–Crippen LogP) is 4.23. The highest BCUT2D eigenvalue weighted by Crippen LogP contribution is 2.23. The first-order chi connectivity index (χ1) is 13.2. The Morgan fingerprint density at radius 2 is 2.07 bits per heavy atom. The molecule has 0 saturated heterocycles. The third-order valence-electron chi connectivity index (χ3n) is 3.85. The van der Waals surface area contributed by atoms with Crippen LogP contribution in [0.3, 0.4) is 0 Å². The average Bonchev–Trinajstić information content (AvgIpc) is 3.43. The van der Waals surface area contributed by atoms with Crippen LogP contribution in [0, 0.1) is 0 Å². The van der Waals surface area contributed by atoms with Crippen molar-refractivity contribution in [2.75, 3.05) is 0 Å². The van der Waals surface area contributed by atoms with Gasteiger partial charge in [0.25, 0.3) is 5.91 Å². The fourth-order valence-corrected chi connectivity index (χ4v) is 3.40. The number of benzene rings is 1. The molecule has 4 rings (SSSR count). The minimum Gasteiger partial charge on any atom is -0.454 e. The molecule has 4 aromatic rings. The summed E-state index contributed by atoms with van der Waals surface area (Å²) in [6.07, 6.45) is 3.53. The maximum atomic E-state index is 12.3. The molecule has 136 valence electrons. The first-order valence-electron chi connectivity index (χ1n) is 8.22. The lowest BCUT2D eigenvalue weighted by atomic mass is 10.2. The van der Waals surface area contributed by atoms with E-state index >= 15 is 0 Å². The zero-order valence-corrected chi connectivity index (χ0v) is 15.7. The number of rotatable bonds is 6. The number of nitrogens with one attached hydrogen (secondary N) is 1. The minimum absolute atomic E-state index is 0.270. The maximum Gasteiger partial charge on any atom is 0.287 e. The summed E-state index contributed by atoms with van der Waals surface area (Å²) in [7, 11) is 0.